The van der Waals surface area contributed by atoms with Crippen molar-refractivity contribution in [2.45, 2.75) is 38.1 Å². The van der Waals surface area contributed by atoms with Crippen LogP contribution in [0.4, 0.5) is 13.2 Å². The Balaban J connectivity index is 2.09. The topological polar surface area (TPSA) is 71.5 Å². The number of aromatic amines is 1. The summed E-state index contributed by atoms with van der Waals surface area (Å²) in [6, 6.07) is 4.07. The molecule has 1 atom stereocenters. The number of aliphatic carboxylic acids is 1. The summed E-state index contributed by atoms with van der Waals surface area (Å²) in [4.78, 5) is 14.3. The zero-order chi connectivity index (χ0) is 17.5. The van der Waals surface area contributed by atoms with Crippen LogP contribution in [0.2, 0.25) is 0 Å². The molecule has 2 aromatic rings. The van der Waals surface area contributed by atoms with E-state index in [9.17, 15) is 23.1 Å². The standard InChI is InChI=1S/C16H16F3NO4/c1-2-15(8-13(21)22)14-11(5-6-23-15)10-4-3-9(7-12(10)20-14)24-16(17,18)19/h3-4,7,20H,2,5-6,8H2,1H3,(H,21,22). The monoisotopic (exact) mass is 343 g/mol. The minimum Gasteiger partial charge on any atom is -0.481 e. The highest BCUT2D eigenvalue weighted by molar-refractivity contribution is 5.87. The molecule has 0 bridgehead atoms. The molecule has 2 heterocycles. The van der Waals surface area contributed by atoms with Gasteiger partial charge >= 0.3 is 12.3 Å². The molecule has 3 rings (SSSR count). The predicted molar refractivity (Wildman–Crippen MR) is 78.9 cm³/mol. The van der Waals surface area contributed by atoms with Gasteiger partial charge in [-0.25, -0.2) is 0 Å². The van der Waals surface area contributed by atoms with E-state index in [0.717, 1.165) is 10.9 Å². The first-order valence-corrected chi connectivity index (χ1v) is 7.51. The Hall–Kier alpha value is -2.22. The third-order valence-corrected chi connectivity index (χ3v) is 4.31. The lowest BCUT2D eigenvalue weighted by Crippen LogP contribution is -2.37. The molecule has 5 nitrogen and oxygen atoms in total. The van der Waals surface area contributed by atoms with Crippen molar-refractivity contribution in [2.75, 3.05) is 6.61 Å². The fourth-order valence-corrected chi connectivity index (χ4v) is 3.29. The van der Waals surface area contributed by atoms with Crippen LogP contribution >= 0.6 is 0 Å². The first-order valence-electron chi connectivity index (χ1n) is 7.51. The van der Waals surface area contributed by atoms with Gasteiger partial charge in [0, 0.05) is 17.0 Å². The molecule has 1 aromatic carbocycles. The Morgan fingerprint density at radius 1 is 1.46 bits per heavy atom. The van der Waals surface area contributed by atoms with Crippen LogP contribution < -0.4 is 4.74 Å². The normalized spacial score (nSPS) is 20.8. The maximum atomic E-state index is 12.4. The zero-order valence-corrected chi connectivity index (χ0v) is 12.9. The number of carboxylic acid groups (broad SMARTS) is 1. The Morgan fingerprint density at radius 2 is 2.21 bits per heavy atom. The number of H-pyrrole nitrogens is 1. The lowest BCUT2D eigenvalue weighted by molar-refractivity contribution is -0.274. The molecule has 0 radical (unpaired) electrons. The quantitative estimate of drug-likeness (QED) is 0.888. The smallest absolute Gasteiger partial charge is 0.481 e. The van der Waals surface area contributed by atoms with E-state index < -0.39 is 17.9 Å². The number of hydrogen-bond donors (Lipinski definition) is 2. The summed E-state index contributed by atoms with van der Waals surface area (Å²) in [6.07, 6.45) is -3.98. The van der Waals surface area contributed by atoms with Gasteiger partial charge in [-0.05, 0) is 30.5 Å². The summed E-state index contributed by atoms with van der Waals surface area (Å²) in [5.41, 5.74) is 0.981. The van der Waals surface area contributed by atoms with Crippen molar-refractivity contribution in [1.29, 1.82) is 0 Å². The molecule has 130 valence electrons. The van der Waals surface area contributed by atoms with Crippen molar-refractivity contribution in [3.8, 4) is 5.75 Å². The van der Waals surface area contributed by atoms with Gasteiger partial charge in [-0.2, -0.15) is 0 Å². The number of benzene rings is 1. The van der Waals surface area contributed by atoms with Crippen LogP contribution in [0.1, 0.15) is 31.0 Å². The summed E-state index contributed by atoms with van der Waals surface area (Å²) < 4.78 is 46.8. The summed E-state index contributed by atoms with van der Waals surface area (Å²) in [5, 5.41) is 9.95. The van der Waals surface area contributed by atoms with Crippen molar-refractivity contribution in [3.05, 3.63) is 29.5 Å². The summed E-state index contributed by atoms with van der Waals surface area (Å²) in [6.45, 7) is 2.18. The first kappa shape index (κ1) is 16.6. The van der Waals surface area contributed by atoms with E-state index in [-0.39, 0.29) is 12.2 Å². The van der Waals surface area contributed by atoms with Gasteiger partial charge in [-0.3, -0.25) is 4.79 Å². The summed E-state index contributed by atoms with van der Waals surface area (Å²) >= 11 is 0. The molecule has 1 aliphatic heterocycles. The molecule has 0 aliphatic carbocycles. The lowest BCUT2D eigenvalue weighted by atomic mass is 9.86. The van der Waals surface area contributed by atoms with Gasteiger partial charge in [0.05, 0.1) is 18.7 Å². The van der Waals surface area contributed by atoms with Crippen molar-refractivity contribution in [2.24, 2.45) is 0 Å². The third-order valence-electron chi connectivity index (χ3n) is 4.31. The van der Waals surface area contributed by atoms with Crippen molar-refractivity contribution in [1.82, 2.24) is 4.98 Å². The Labute approximate surface area is 135 Å². The highest BCUT2D eigenvalue weighted by Gasteiger charge is 2.41. The third kappa shape index (κ3) is 2.93. The second-order valence-electron chi connectivity index (χ2n) is 5.75. The molecular formula is C16H16F3NO4. The number of alkyl halides is 3. The average molecular weight is 343 g/mol. The molecule has 1 unspecified atom stereocenters. The second-order valence-corrected chi connectivity index (χ2v) is 5.75. The molecule has 1 aliphatic rings. The lowest BCUT2D eigenvalue weighted by Gasteiger charge is -2.35. The van der Waals surface area contributed by atoms with E-state index in [0.29, 0.717) is 30.7 Å². The van der Waals surface area contributed by atoms with Crippen molar-refractivity contribution >= 4 is 16.9 Å². The molecule has 24 heavy (non-hydrogen) atoms. The first-order chi connectivity index (χ1) is 11.2. The van der Waals surface area contributed by atoms with E-state index in [2.05, 4.69) is 9.72 Å². The predicted octanol–water partition coefficient (Wildman–Crippen LogP) is 3.72. The van der Waals surface area contributed by atoms with Crippen LogP contribution in [0.3, 0.4) is 0 Å². The fourth-order valence-electron chi connectivity index (χ4n) is 3.29. The molecule has 0 fully saturated rings. The SMILES string of the molecule is CCC1(CC(=O)O)OCCc2c1[nH]c1cc(OC(F)(F)F)ccc21. The van der Waals surface area contributed by atoms with Crippen molar-refractivity contribution in [3.63, 3.8) is 0 Å². The van der Waals surface area contributed by atoms with Crippen LogP contribution in [0.25, 0.3) is 10.9 Å². The average Bonchev–Trinajstić information content (AvgIpc) is 2.84. The van der Waals surface area contributed by atoms with Gasteiger partial charge in [-0.15, -0.1) is 13.2 Å². The Kier molecular flexibility index (Phi) is 3.95. The van der Waals surface area contributed by atoms with Crippen LogP contribution in [0, 0.1) is 0 Å². The Morgan fingerprint density at radius 3 is 2.83 bits per heavy atom. The minimum absolute atomic E-state index is 0.213. The molecular weight excluding hydrogens is 327 g/mol. The number of carbonyl (C=O) groups is 1. The number of halogens is 3. The van der Waals surface area contributed by atoms with Gasteiger partial charge in [0.25, 0.3) is 0 Å². The molecule has 0 saturated heterocycles. The molecule has 1 aromatic heterocycles. The highest BCUT2D eigenvalue weighted by atomic mass is 19.4. The van der Waals surface area contributed by atoms with Gasteiger partial charge in [-0.1, -0.05) is 6.92 Å². The summed E-state index contributed by atoms with van der Waals surface area (Å²) in [7, 11) is 0. The van der Waals surface area contributed by atoms with E-state index in [1.54, 1.807) is 6.07 Å². The highest BCUT2D eigenvalue weighted by Crippen LogP contribution is 2.42. The number of nitrogens with one attached hydrogen (secondary N) is 1. The van der Waals surface area contributed by atoms with E-state index in [1.165, 1.54) is 12.1 Å². The van der Waals surface area contributed by atoms with Crippen LogP contribution in [0.15, 0.2) is 18.2 Å². The number of hydrogen-bond acceptors (Lipinski definition) is 3. The molecule has 2 N–H and O–H groups in total. The number of fused-ring (bicyclic) bond motifs is 3. The molecule has 0 spiro atoms. The van der Waals surface area contributed by atoms with Gasteiger partial charge in [0.2, 0.25) is 0 Å². The Bertz CT molecular complexity index is 783. The summed E-state index contributed by atoms with van der Waals surface area (Å²) in [5.74, 6) is -1.32. The van der Waals surface area contributed by atoms with Crippen LogP contribution in [-0.4, -0.2) is 29.0 Å². The molecule has 0 saturated carbocycles. The fraction of sp³-hybridized carbons (Fsp3) is 0.438. The maximum absolute atomic E-state index is 12.4. The van der Waals surface area contributed by atoms with Crippen LogP contribution in [0.5, 0.6) is 5.75 Å². The van der Waals surface area contributed by atoms with E-state index in [1.807, 2.05) is 6.92 Å². The maximum Gasteiger partial charge on any atom is 0.573 e. The number of ether oxygens (including phenoxy) is 2. The van der Waals surface area contributed by atoms with Crippen molar-refractivity contribution < 1.29 is 32.5 Å². The number of aromatic nitrogens is 1. The second kappa shape index (κ2) is 5.70. The molecule has 8 heteroatoms. The number of carboxylic acids is 1. The zero-order valence-electron chi connectivity index (χ0n) is 12.9. The van der Waals surface area contributed by atoms with E-state index in [4.69, 9.17) is 4.74 Å². The number of rotatable bonds is 4. The van der Waals surface area contributed by atoms with E-state index >= 15 is 0 Å². The van der Waals surface area contributed by atoms with Gasteiger partial charge < -0.3 is 19.6 Å². The molecule has 0 amide bonds. The van der Waals surface area contributed by atoms with Crippen LogP contribution in [-0.2, 0) is 21.6 Å². The largest absolute Gasteiger partial charge is 0.573 e. The van der Waals surface area contributed by atoms with Gasteiger partial charge in [0.15, 0.2) is 0 Å². The van der Waals surface area contributed by atoms with Gasteiger partial charge in [0.1, 0.15) is 11.4 Å². The minimum atomic E-state index is -4.76.